The van der Waals surface area contributed by atoms with Crippen LogP contribution in [0.2, 0.25) is 0 Å². The summed E-state index contributed by atoms with van der Waals surface area (Å²) >= 11 is 0. The lowest BCUT2D eigenvalue weighted by Crippen LogP contribution is -2.48. The molecule has 0 aromatic heterocycles. The van der Waals surface area contributed by atoms with E-state index in [1.54, 1.807) is 24.3 Å². The Morgan fingerprint density at radius 3 is 2.21 bits per heavy atom. The summed E-state index contributed by atoms with van der Waals surface area (Å²) < 4.78 is 27.7. The third-order valence-electron chi connectivity index (χ3n) is 7.03. The number of nitrogens with one attached hydrogen (secondary N) is 1. The average molecular weight is 478 g/mol. The number of piperazine rings is 1. The zero-order valence-corrected chi connectivity index (χ0v) is 20.2. The number of benzene rings is 1. The van der Waals surface area contributed by atoms with Gasteiger partial charge in [0.1, 0.15) is 0 Å². The van der Waals surface area contributed by atoms with Crippen molar-refractivity contribution in [3.05, 3.63) is 24.3 Å². The molecule has 3 aliphatic rings. The van der Waals surface area contributed by atoms with Crippen molar-refractivity contribution >= 4 is 27.6 Å². The molecule has 0 saturated carbocycles. The first kappa shape index (κ1) is 24.0. The maximum absolute atomic E-state index is 13.1. The van der Waals surface area contributed by atoms with E-state index in [1.165, 1.54) is 4.31 Å². The molecule has 182 valence electrons. The average Bonchev–Trinajstić information content (AvgIpc) is 3.39. The molecule has 3 fully saturated rings. The topological polar surface area (TPSA) is 93.3 Å². The summed E-state index contributed by atoms with van der Waals surface area (Å²) in [6.45, 7) is 8.20. The monoisotopic (exact) mass is 477 g/mol. The van der Waals surface area contributed by atoms with Gasteiger partial charge < -0.3 is 20.0 Å². The third kappa shape index (κ3) is 5.50. The van der Waals surface area contributed by atoms with Gasteiger partial charge in [0.15, 0.2) is 0 Å². The van der Waals surface area contributed by atoms with Gasteiger partial charge in [-0.15, -0.1) is 0 Å². The van der Waals surface area contributed by atoms with Gasteiger partial charge >= 0.3 is 6.03 Å². The zero-order chi connectivity index (χ0) is 23.4. The smallest absolute Gasteiger partial charge is 0.319 e. The molecule has 3 saturated heterocycles. The number of likely N-dealkylation sites (N-methyl/N-ethyl adjacent to an activating group) is 1. The maximum Gasteiger partial charge on any atom is 0.319 e. The van der Waals surface area contributed by atoms with E-state index in [0.29, 0.717) is 44.7 Å². The molecule has 0 spiro atoms. The molecule has 1 aromatic carbocycles. The van der Waals surface area contributed by atoms with Gasteiger partial charge in [0.2, 0.25) is 15.9 Å². The van der Waals surface area contributed by atoms with Crippen molar-refractivity contribution in [3.63, 3.8) is 0 Å². The maximum atomic E-state index is 13.1. The largest absolute Gasteiger partial charge is 0.326 e. The van der Waals surface area contributed by atoms with Gasteiger partial charge in [0.05, 0.1) is 4.90 Å². The second kappa shape index (κ2) is 10.4. The van der Waals surface area contributed by atoms with E-state index in [1.807, 2.05) is 9.80 Å². The van der Waals surface area contributed by atoms with Crippen molar-refractivity contribution in [3.8, 4) is 0 Å². The molecular weight excluding hydrogens is 442 g/mol. The SMILES string of the molecule is CCN1CCN(S(=O)(=O)c2cccc(NC(=O)C3CCN(C(=O)N4CCCC4)CC3)c2)CC1. The molecular formula is C23H35N5O4S. The Balaban J connectivity index is 1.33. The molecule has 0 radical (unpaired) electrons. The van der Waals surface area contributed by atoms with Crippen molar-refractivity contribution in [2.75, 3.05) is 64.2 Å². The van der Waals surface area contributed by atoms with Crippen LogP contribution in [-0.2, 0) is 14.8 Å². The quantitative estimate of drug-likeness (QED) is 0.699. The second-order valence-electron chi connectivity index (χ2n) is 9.09. The van der Waals surface area contributed by atoms with Gasteiger partial charge in [-0.2, -0.15) is 4.31 Å². The first-order chi connectivity index (χ1) is 15.9. The highest BCUT2D eigenvalue weighted by Gasteiger charge is 2.31. The van der Waals surface area contributed by atoms with Gasteiger partial charge in [0, 0.05) is 64.0 Å². The number of nitrogens with zero attached hydrogens (tertiary/aromatic N) is 4. The minimum absolute atomic E-state index is 0.0871. The van der Waals surface area contributed by atoms with Crippen molar-refractivity contribution in [1.82, 2.24) is 19.0 Å². The Bertz CT molecular complexity index is 947. The number of urea groups is 1. The fourth-order valence-electron chi connectivity index (χ4n) is 4.86. The standard InChI is InChI=1S/C23H35N5O4S/c1-2-25-14-16-28(17-15-25)33(31,32)21-7-5-6-20(18-21)24-22(29)19-8-12-27(13-9-19)23(30)26-10-3-4-11-26/h5-7,18-19H,2-4,8-17H2,1H3,(H,24,29). The number of rotatable bonds is 5. The third-order valence-corrected chi connectivity index (χ3v) is 8.93. The highest BCUT2D eigenvalue weighted by atomic mass is 32.2. The van der Waals surface area contributed by atoms with Crippen LogP contribution in [0.4, 0.5) is 10.5 Å². The molecule has 0 unspecified atom stereocenters. The molecule has 10 heteroatoms. The first-order valence-corrected chi connectivity index (χ1v) is 13.5. The summed E-state index contributed by atoms with van der Waals surface area (Å²) in [5.74, 6) is -0.301. The van der Waals surface area contributed by atoms with E-state index in [2.05, 4.69) is 17.1 Å². The summed E-state index contributed by atoms with van der Waals surface area (Å²) in [7, 11) is -3.60. The van der Waals surface area contributed by atoms with Gasteiger partial charge in [0.25, 0.3) is 0 Å². The summed E-state index contributed by atoms with van der Waals surface area (Å²) in [6, 6.07) is 6.61. The van der Waals surface area contributed by atoms with E-state index >= 15 is 0 Å². The summed E-state index contributed by atoms with van der Waals surface area (Å²) in [4.78, 5) is 31.6. The van der Waals surface area contributed by atoms with Crippen LogP contribution in [0.3, 0.4) is 0 Å². The number of carbonyl (C=O) groups is 2. The molecule has 33 heavy (non-hydrogen) atoms. The molecule has 4 rings (SSSR count). The van der Waals surface area contributed by atoms with E-state index in [4.69, 9.17) is 0 Å². The predicted octanol–water partition coefficient (Wildman–Crippen LogP) is 1.88. The molecule has 1 aromatic rings. The first-order valence-electron chi connectivity index (χ1n) is 12.1. The Morgan fingerprint density at radius 1 is 0.939 bits per heavy atom. The Labute approximate surface area is 196 Å². The van der Waals surface area contributed by atoms with Crippen molar-refractivity contribution in [2.24, 2.45) is 5.92 Å². The van der Waals surface area contributed by atoms with Crippen LogP contribution in [0.1, 0.15) is 32.6 Å². The van der Waals surface area contributed by atoms with Crippen molar-refractivity contribution in [2.45, 2.75) is 37.5 Å². The summed E-state index contributed by atoms with van der Waals surface area (Å²) in [5, 5.41) is 2.90. The van der Waals surface area contributed by atoms with Gasteiger partial charge in [-0.1, -0.05) is 13.0 Å². The number of piperidine rings is 1. The minimum atomic E-state index is -3.60. The predicted molar refractivity (Wildman–Crippen MR) is 126 cm³/mol. The number of anilines is 1. The minimum Gasteiger partial charge on any atom is -0.326 e. The van der Waals surface area contributed by atoms with Gasteiger partial charge in [-0.3, -0.25) is 4.79 Å². The van der Waals surface area contributed by atoms with E-state index in [9.17, 15) is 18.0 Å². The van der Waals surface area contributed by atoms with Gasteiger partial charge in [-0.25, -0.2) is 13.2 Å². The number of amides is 3. The molecule has 1 N–H and O–H groups in total. The Hall–Kier alpha value is -2.17. The number of hydrogen-bond acceptors (Lipinski definition) is 5. The lowest BCUT2D eigenvalue weighted by Gasteiger charge is -2.34. The normalized spacial score (nSPS) is 21.4. The van der Waals surface area contributed by atoms with E-state index in [-0.39, 0.29) is 22.8 Å². The Kier molecular flexibility index (Phi) is 7.55. The Morgan fingerprint density at radius 2 is 1.58 bits per heavy atom. The highest BCUT2D eigenvalue weighted by molar-refractivity contribution is 7.89. The fraction of sp³-hybridized carbons (Fsp3) is 0.652. The molecule has 0 atom stereocenters. The number of carbonyl (C=O) groups excluding carboxylic acids is 2. The summed E-state index contributed by atoms with van der Waals surface area (Å²) in [6.07, 6.45) is 3.36. The second-order valence-corrected chi connectivity index (χ2v) is 11.0. The molecule has 3 heterocycles. The van der Waals surface area contributed by atoms with Crippen molar-refractivity contribution < 1.29 is 18.0 Å². The summed E-state index contributed by atoms with van der Waals surface area (Å²) in [5.41, 5.74) is 0.490. The number of likely N-dealkylation sites (tertiary alicyclic amines) is 2. The lowest BCUT2D eigenvalue weighted by molar-refractivity contribution is -0.121. The van der Waals surface area contributed by atoms with Crippen LogP contribution in [0.25, 0.3) is 0 Å². The molecule has 0 bridgehead atoms. The lowest BCUT2D eigenvalue weighted by atomic mass is 9.96. The number of sulfonamides is 1. The van der Waals surface area contributed by atoms with E-state index in [0.717, 1.165) is 45.6 Å². The zero-order valence-electron chi connectivity index (χ0n) is 19.4. The van der Waals surface area contributed by atoms with Crippen LogP contribution in [0.5, 0.6) is 0 Å². The van der Waals surface area contributed by atoms with Crippen LogP contribution in [-0.4, -0.2) is 98.3 Å². The fourth-order valence-corrected chi connectivity index (χ4v) is 6.32. The highest BCUT2D eigenvalue weighted by Crippen LogP contribution is 2.24. The number of hydrogen-bond donors (Lipinski definition) is 1. The molecule has 0 aliphatic carbocycles. The van der Waals surface area contributed by atoms with Crippen LogP contribution in [0, 0.1) is 5.92 Å². The molecule has 3 amide bonds. The van der Waals surface area contributed by atoms with Crippen LogP contribution in [0.15, 0.2) is 29.2 Å². The molecule has 3 aliphatic heterocycles. The van der Waals surface area contributed by atoms with Crippen LogP contribution >= 0.6 is 0 Å². The van der Waals surface area contributed by atoms with Crippen LogP contribution < -0.4 is 5.32 Å². The molecule has 9 nitrogen and oxygen atoms in total. The van der Waals surface area contributed by atoms with E-state index < -0.39 is 10.0 Å². The van der Waals surface area contributed by atoms with Gasteiger partial charge in [-0.05, 0) is 50.4 Å². The van der Waals surface area contributed by atoms with Crippen molar-refractivity contribution in [1.29, 1.82) is 0 Å².